The van der Waals surface area contributed by atoms with Gasteiger partial charge in [0.05, 0.1) is 17.1 Å². The van der Waals surface area contributed by atoms with Crippen molar-refractivity contribution in [2.45, 2.75) is 32.9 Å². The normalized spacial score (nSPS) is 12.6. The summed E-state index contributed by atoms with van der Waals surface area (Å²) in [6, 6.07) is 7.90. The molecule has 1 amide bonds. The number of nitrogens with one attached hydrogen (secondary N) is 1. The lowest BCUT2D eigenvalue weighted by Crippen LogP contribution is -2.31. The number of nitrogens with zero attached hydrogens (tertiary/aromatic N) is 2. The van der Waals surface area contributed by atoms with Crippen molar-refractivity contribution in [3.8, 4) is 0 Å². The average Bonchev–Trinajstić information content (AvgIpc) is 2.79. The molecule has 0 fully saturated rings. The number of imidazole rings is 1. The molecule has 1 aromatic heterocycles. The lowest BCUT2D eigenvalue weighted by molar-refractivity contribution is -0.125. The van der Waals surface area contributed by atoms with Crippen molar-refractivity contribution in [2.75, 3.05) is 13.7 Å². The van der Waals surface area contributed by atoms with Gasteiger partial charge in [0.25, 0.3) is 0 Å². The number of hydrogen-bond acceptors (Lipinski definition) is 3. The van der Waals surface area contributed by atoms with Crippen molar-refractivity contribution < 1.29 is 9.53 Å². The molecular formula is C15H21N3O2. The molecule has 1 N–H and O–H groups in total. The number of amides is 1. The molecule has 5 nitrogen and oxygen atoms in total. The largest absolute Gasteiger partial charge is 0.375 e. The van der Waals surface area contributed by atoms with Gasteiger partial charge in [0.2, 0.25) is 5.91 Å². The van der Waals surface area contributed by atoms with Crippen LogP contribution in [0.4, 0.5) is 0 Å². The number of fused-ring (bicyclic) bond motifs is 1. The van der Waals surface area contributed by atoms with Gasteiger partial charge in [-0.15, -0.1) is 0 Å². The van der Waals surface area contributed by atoms with Crippen LogP contribution in [0, 0.1) is 0 Å². The highest BCUT2D eigenvalue weighted by molar-refractivity contribution is 5.78. The van der Waals surface area contributed by atoms with E-state index in [9.17, 15) is 4.79 Å². The maximum atomic E-state index is 11.6. The number of carbonyl (C=O) groups is 1. The van der Waals surface area contributed by atoms with Crippen LogP contribution < -0.4 is 5.32 Å². The molecule has 0 saturated heterocycles. The topological polar surface area (TPSA) is 56.2 Å². The van der Waals surface area contributed by atoms with E-state index in [1.807, 2.05) is 25.1 Å². The highest BCUT2D eigenvalue weighted by Crippen LogP contribution is 2.21. The van der Waals surface area contributed by atoms with Gasteiger partial charge in [-0.25, -0.2) is 4.98 Å². The molecule has 0 spiro atoms. The summed E-state index contributed by atoms with van der Waals surface area (Å²) < 4.78 is 7.01. The zero-order chi connectivity index (χ0) is 14.5. The summed E-state index contributed by atoms with van der Waals surface area (Å²) in [7, 11) is 1.51. The molecule has 1 aromatic carbocycles. The second kappa shape index (κ2) is 6.52. The maximum Gasteiger partial charge on any atom is 0.246 e. The Morgan fingerprint density at radius 2 is 2.20 bits per heavy atom. The van der Waals surface area contributed by atoms with E-state index in [4.69, 9.17) is 4.74 Å². The molecule has 20 heavy (non-hydrogen) atoms. The highest BCUT2D eigenvalue weighted by Gasteiger charge is 2.17. The van der Waals surface area contributed by atoms with Crippen molar-refractivity contribution in [3.63, 3.8) is 0 Å². The van der Waals surface area contributed by atoms with Gasteiger partial charge in [0, 0.05) is 13.7 Å². The van der Waals surface area contributed by atoms with Crippen molar-refractivity contribution in [3.05, 3.63) is 30.1 Å². The molecule has 0 saturated carbocycles. The molecule has 0 aliphatic carbocycles. The first-order chi connectivity index (χ1) is 9.67. The highest BCUT2D eigenvalue weighted by atomic mass is 16.5. The van der Waals surface area contributed by atoms with Gasteiger partial charge >= 0.3 is 0 Å². The Bertz CT molecular complexity index is 592. The summed E-state index contributed by atoms with van der Waals surface area (Å²) in [6.45, 7) is 5.03. The first kappa shape index (κ1) is 14.5. The molecule has 5 heteroatoms. The first-order valence-electron chi connectivity index (χ1n) is 6.90. The number of aryl methyl sites for hydroxylation is 1. The molecular weight excluding hydrogens is 254 g/mol. The Balaban J connectivity index is 2.32. The van der Waals surface area contributed by atoms with Gasteiger partial charge in [-0.2, -0.15) is 0 Å². The van der Waals surface area contributed by atoms with Crippen LogP contribution in [0.3, 0.4) is 0 Å². The van der Waals surface area contributed by atoms with Gasteiger partial charge < -0.3 is 14.6 Å². The summed E-state index contributed by atoms with van der Waals surface area (Å²) in [6.07, 6.45) is 1.02. The van der Waals surface area contributed by atoms with Crippen molar-refractivity contribution in [1.82, 2.24) is 14.9 Å². The standard InChI is InChI=1S/C15H21N3O2/c1-4-9-18-13-8-6-5-7-12(13)17-15(18)11(2)16-14(19)10-20-3/h5-8,11H,4,9-10H2,1-3H3,(H,16,19)/t11-/m0/s1. The smallest absolute Gasteiger partial charge is 0.246 e. The minimum Gasteiger partial charge on any atom is -0.375 e. The third-order valence-electron chi connectivity index (χ3n) is 3.17. The second-order valence-electron chi connectivity index (χ2n) is 4.83. The third-order valence-corrected chi connectivity index (χ3v) is 3.17. The van der Waals surface area contributed by atoms with Gasteiger partial charge in [-0.3, -0.25) is 4.79 Å². The van der Waals surface area contributed by atoms with E-state index in [1.54, 1.807) is 0 Å². The van der Waals surface area contributed by atoms with E-state index >= 15 is 0 Å². The van der Waals surface area contributed by atoms with Crippen LogP contribution in [-0.4, -0.2) is 29.2 Å². The molecule has 2 aromatic rings. The summed E-state index contributed by atoms with van der Waals surface area (Å²) in [5.74, 6) is 0.757. The van der Waals surface area contributed by atoms with E-state index < -0.39 is 0 Å². The van der Waals surface area contributed by atoms with Crippen molar-refractivity contribution in [1.29, 1.82) is 0 Å². The summed E-state index contributed by atoms with van der Waals surface area (Å²) in [5, 5.41) is 2.91. The number of benzene rings is 1. The van der Waals surface area contributed by atoms with Gasteiger partial charge in [0.15, 0.2) is 0 Å². The number of para-hydroxylation sites is 2. The fourth-order valence-corrected chi connectivity index (χ4v) is 2.36. The molecule has 1 heterocycles. The fourth-order valence-electron chi connectivity index (χ4n) is 2.36. The van der Waals surface area contributed by atoms with E-state index in [0.717, 1.165) is 29.8 Å². The number of hydrogen-bond donors (Lipinski definition) is 1. The van der Waals surface area contributed by atoms with Crippen molar-refractivity contribution >= 4 is 16.9 Å². The number of ether oxygens (including phenoxy) is 1. The number of rotatable bonds is 6. The van der Waals surface area contributed by atoms with E-state index in [2.05, 4.69) is 27.9 Å². The molecule has 108 valence electrons. The molecule has 2 rings (SSSR count). The zero-order valence-electron chi connectivity index (χ0n) is 12.2. The zero-order valence-corrected chi connectivity index (χ0v) is 12.2. The lowest BCUT2D eigenvalue weighted by Gasteiger charge is -2.15. The number of carbonyl (C=O) groups excluding carboxylic acids is 1. The Labute approximate surface area is 118 Å². The van der Waals surface area contributed by atoms with Crippen molar-refractivity contribution in [2.24, 2.45) is 0 Å². The van der Waals surface area contributed by atoms with E-state index in [-0.39, 0.29) is 18.6 Å². The SMILES string of the molecule is CCCn1c([C@H](C)NC(=O)COC)nc2ccccc21. The molecule has 1 atom stereocenters. The molecule has 0 aliphatic rings. The second-order valence-corrected chi connectivity index (χ2v) is 4.83. The van der Waals surface area contributed by atoms with Gasteiger partial charge in [0.1, 0.15) is 12.4 Å². The average molecular weight is 275 g/mol. The Morgan fingerprint density at radius 3 is 2.90 bits per heavy atom. The van der Waals surface area contributed by atoms with Gasteiger partial charge in [-0.05, 0) is 25.5 Å². The number of methoxy groups -OCH3 is 1. The molecule has 0 bridgehead atoms. The summed E-state index contributed by atoms with van der Waals surface area (Å²) in [4.78, 5) is 16.3. The lowest BCUT2D eigenvalue weighted by atomic mass is 10.3. The maximum absolute atomic E-state index is 11.6. The minimum atomic E-state index is -0.142. The Kier molecular flexibility index (Phi) is 4.74. The van der Waals surface area contributed by atoms with E-state index in [1.165, 1.54) is 7.11 Å². The van der Waals surface area contributed by atoms with Crippen LogP contribution in [0.1, 0.15) is 32.1 Å². The minimum absolute atomic E-state index is 0.0678. The van der Waals surface area contributed by atoms with Gasteiger partial charge in [-0.1, -0.05) is 19.1 Å². The third kappa shape index (κ3) is 2.99. The van der Waals surface area contributed by atoms with Crippen LogP contribution in [0.2, 0.25) is 0 Å². The van der Waals surface area contributed by atoms with Crippen LogP contribution in [0.5, 0.6) is 0 Å². The van der Waals surface area contributed by atoms with Crippen LogP contribution in [0.15, 0.2) is 24.3 Å². The summed E-state index contributed by atoms with van der Waals surface area (Å²) in [5.41, 5.74) is 2.07. The van der Waals surface area contributed by atoms with Crippen LogP contribution >= 0.6 is 0 Å². The predicted molar refractivity (Wildman–Crippen MR) is 78.5 cm³/mol. The number of aromatic nitrogens is 2. The first-order valence-corrected chi connectivity index (χ1v) is 6.90. The monoisotopic (exact) mass is 275 g/mol. The Hall–Kier alpha value is -1.88. The van der Waals surface area contributed by atoms with E-state index in [0.29, 0.717) is 0 Å². The predicted octanol–water partition coefficient (Wildman–Crippen LogP) is 2.27. The molecule has 0 aliphatic heterocycles. The quantitative estimate of drug-likeness (QED) is 0.880. The van der Waals surface area contributed by atoms with Crippen LogP contribution in [0.25, 0.3) is 11.0 Å². The van der Waals surface area contributed by atoms with Crippen LogP contribution in [-0.2, 0) is 16.1 Å². The molecule has 0 unspecified atom stereocenters. The fraction of sp³-hybridized carbons (Fsp3) is 0.467. The Morgan fingerprint density at radius 1 is 1.45 bits per heavy atom. The summed E-state index contributed by atoms with van der Waals surface area (Å²) >= 11 is 0. The molecule has 0 radical (unpaired) electrons.